The van der Waals surface area contributed by atoms with E-state index in [9.17, 15) is 0 Å². The van der Waals surface area contributed by atoms with E-state index < -0.39 is 0 Å². The molecule has 1 aliphatic heterocycles. The van der Waals surface area contributed by atoms with E-state index in [1.807, 2.05) is 18.3 Å². The summed E-state index contributed by atoms with van der Waals surface area (Å²) in [6.45, 7) is 3.64. The highest BCUT2D eigenvalue weighted by Crippen LogP contribution is 2.46. The normalized spacial score (nSPS) is 16.0. The van der Waals surface area contributed by atoms with Gasteiger partial charge in [0, 0.05) is 37.8 Å². The van der Waals surface area contributed by atoms with Gasteiger partial charge in [0.25, 0.3) is 0 Å². The molecule has 5 rings (SSSR count). The summed E-state index contributed by atoms with van der Waals surface area (Å²) in [7, 11) is 4.89. The Kier molecular flexibility index (Phi) is 5.92. The van der Waals surface area contributed by atoms with E-state index in [4.69, 9.17) is 19.3 Å². The maximum atomic E-state index is 5.52. The summed E-state index contributed by atoms with van der Waals surface area (Å²) in [4.78, 5) is 2.58. The zero-order valence-electron chi connectivity index (χ0n) is 19.3. The maximum absolute atomic E-state index is 5.52. The van der Waals surface area contributed by atoms with Crippen LogP contribution >= 0.6 is 0 Å². The molecule has 3 aromatic rings. The first kappa shape index (κ1) is 21.3. The fourth-order valence-electron chi connectivity index (χ4n) is 4.90. The van der Waals surface area contributed by atoms with Crippen molar-refractivity contribution in [2.75, 3.05) is 47.5 Å². The van der Waals surface area contributed by atoms with E-state index in [0.29, 0.717) is 23.3 Å². The monoisotopic (exact) mass is 443 g/mol. The second-order valence-corrected chi connectivity index (χ2v) is 8.26. The Hall–Kier alpha value is -3.51. The average Bonchev–Trinajstić information content (AvgIpc) is 3.21. The first-order valence-electron chi connectivity index (χ1n) is 11.2. The van der Waals surface area contributed by atoms with Crippen molar-refractivity contribution in [1.82, 2.24) is 9.91 Å². The van der Waals surface area contributed by atoms with Crippen LogP contribution in [-0.4, -0.2) is 63.6 Å². The van der Waals surface area contributed by atoms with E-state index in [1.165, 1.54) is 22.3 Å². The van der Waals surface area contributed by atoms with Crippen molar-refractivity contribution < 1.29 is 14.2 Å². The molecule has 6 nitrogen and oxygen atoms in total. The molecule has 0 spiro atoms. The van der Waals surface area contributed by atoms with Crippen LogP contribution < -0.4 is 14.2 Å². The maximum Gasteiger partial charge on any atom is 0.164 e. The summed E-state index contributed by atoms with van der Waals surface area (Å²) in [5.74, 6) is 1.99. The van der Waals surface area contributed by atoms with Crippen LogP contribution in [0.2, 0.25) is 0 Å². The summed E-state index contributed by atoms with van der Waals surface area (Å²) < 4.78 is 16.3. The number of nitrogens with zero attached hydrogens (tertiary/aromatic N) is 3. The second-order valence-electron chi connectivity index (χ2n) is 8.26. The van der Waals surface area contributed by atoms with Gasteiger partial charge in [0.05, 0.1) is 33.6 Å². The first-order valence-corrected chi connectivity index (χ1v) is 11.2. The smallest absolute Gasteiger partial charge is 0.164 e. The number of hydrazone groups is 1. The van der Waals surface area contributed by atoms with Crippen molar-refractivity contribution in [3.63, 3.8) is 0 Å². The number of ether oxygens (including phenoxy) is 3. The SMILES string of the molecule is COc1cc(OC)c(OC)cc1C=NN1CCN(C2c3ccccc3-c3ccccc32)CC1. The molecule has 1 heterocycles. The van der Waals surface area contributed by atoms with Crippen molar-refractivity contribution >= 4 is 6.21 Å². The van der Waals surface area contributed by atoms with Gasteiger partial charge in [-0.25, -0.2) is 0 Å². The zero-order chi connectivity index (χ0) is 22.8. The molecule has 0 aromatic heterocycles. The lowest BCUT2D eigenvalue weighted by molar-refractivity contribution is 0.114. The lowest BCUT2D eigenvalue weighted by Gasteiger charge is -2.37. The van der Waals surface area contributed by atoms with E-state index in [1.54, 1.807) is 21.3 Å². The first-order chi connectivity index (χ1) is 16.2. The van der Waals surface area contributed by atoms with Crippen LogP contribution in [0, 0.1) is 0 Å². The number of hydrogen-bond donors (Lipinski definition) is 0. The van der Waals surface area contributed by atoms with Gasteiger partial charge in [0.15, 0.2) is 11.5 Å². The van der Waals surface area contributed by atoms with Gasteiger partial charge in [0.2, 0.25) is 0 Å². The number of rotatable bonds is 6. The molecule has 0 amide bonds. The lowest BCUT2D eigenvalue weighted by atomic mass is 10.0. The third kappa shape index (κ3) is 3.91. The van der Waals surface area contributed by atoms with Crippen LogP contribution in [0.25, 0.3) is 11.1 Å². The second kappa shape index (κ2) is 9.16. The number of fused-ring (bicyclic) bond motifs is 3. The Morgan fingerprint density at radius 1 is 0.727 bits per heavy atom. The predicted octanol–water partition coefficient (Wildman–Crippen LogP) is 4.43. The fourth-order valence-corrected chi connectivity index (χ4v) is 4.90. The van der Waals surface area contributed by atoms with Gasteiger partial charge in [-0.15, -0.1) is 0 Å². The Morgan fingerprint density at radius 3 is 1.85 bits per heavy atom. The van der Waals surface area contributed by atoms with E-state index in [0.717, 1.165) is 31.7 Å². The van der Waals surface area contributed by atoms with Crippen LogP contribution in [0.1, 0.15) is 22.7 Å². The molecule has 33 heavy (non-hydrogen) atoms. The topological polar surface area (TPSA) is 46.5 Å². The molecule has 3 aromatic carbocycles. The third-order valence-electron chi connectivity index (χ3n) is 6.55. The van der Waals surface area contributed by atoms with Gasteiger partial charge in [-0.1, -0.05) is 48.5 Å². The molecule has 0 unspecified atom stereocenters. The Labute approximate surface area is 195 Å². The summed E-state index contributed by atoms with van der Waals surface area (Å²) in [5.41, 5.74) is 6.39. The highest BCUT2D eigenvalue weighted by atomic mass is 16.5. The zero-order valence-corrected chi connectivity index (χ0v) is 19.3. The van der Waals surface area contributed by atoms with Crippen LogP contribution in [-0.2, 0) is 0 Å². The van der Waals surface area contributed by atoms with Crippen molar-refractivity contribution in [1.29, 1.82) is 0 Å². The van der Waals surface area contributed by atoms with Crippen LogP contribution in [0.15, 0.2) is 65.8 Å². The van der Waals surface area contributed by atoms with Crippen LogP contribution in [0.5, 0.6) is 17.2 Å². The summed E-state index contributed by atoms with van der Waals surface area (Å²) in [5, 5.41) is 6.87. The van der Waals surface area contributed by atoms with Gasteiger partial charge in [-0.05, 0) is 28.3 Å². The van der Waals surface area contributed by atoms with Crippen LogP contribution in [0.4, 0.5) is 0 Å². The van der Waals surface area contributed by atoms with E-state index in [-0.39, 0.29) is 0 Å². The Balaban J connectivity index is 1.31. The Bertz CT molecular complexity index is 1120. The minimum absolute atomic E-state index is 0.314. The molecule has 6 heteroatoms. The third-order valence-corrected chi connectivity index (χ3v) is 6.55. The van der Waals surface area contributed by atoms with E-state index >= 15 is 0 Å². The van der Waals surface area contributed by atoms with Crippen molar-refractivity contribution in [3.05, 3.63) is 77.4 Å². The molecule has 0 atom stereocenters. The largest absolute Gasteiger partial charge is 0.496 e. The highest BCUT2D eigenvalue weighted by molar-refractivity contribution is 5.85. The number of benzene rings is 3. The molecule has 1 aliphatic carbocycles. The molecule has 0 radical (unpaired) electrons. The Morgan fingerprint density at radius 2 is 1.27 bits per heavy atom. The molecule has 0 N–H and O–H groups in total. The van der Waals surface area contributed by atoms with Gasteiger partial charge < -0.3 is 14.2 Å². The molecule has 170 valence electrons. The van der Waals surface area contributed by atoms with Crippen LogP contribution in [0.3, 0.4) is 0 Å². The van der Waals surface area contributed by atoms with E-state index in [2.05, 4.69) is 58.4 Å². The van der Waals surface area contributed by atoms with Gasteiger partial charge in [-0.2, -0.15) is 5.10 Å². The lowest BCUT2D eigenvalue weighted by Crippen LogP contribution is -2.45. The highest BCUT2D eigenvalue weighted by Gasteiger charge is 2.33. The van der Waals surface area contributed by atoms with Crippen molar-refractivity contribution in [3.8, 4) is 28.4 Å². The van der Waals surface area contributed by atoms with Gasteiger partial charge in [-0.3, -0.25) is 9.91 Å². The molecule has 1 saturated heterocycles. The minimum atomic E-state index is 0.314. The standard InChI is InChI=1S/C27H29N3O3/c1-31-24-17-26(33-3)25(32-2)16-19(24)18-28-30-14-12-29(13-15-30)27-22-10-6-4-8-20(22)21-9-5-7-11-23(21)27/h4-11,16-18,27H,12-15H2,1-3H3. The molecule has 0 saturated carbocycles. The van der Waals surface area contributed by atoms with Gasteiger partial charge in [0.1, 0.15) is 5.75 Å². The average molecular weight is 444 g/mol. The molecular formula is C27H29N3O3. The summed E-state index contributed by atoms with van der Waals surface area (Å²) in [6, 6.07) is 21.6. The number of methoxy groups -OCH3 is 3. The number of hydrogen-bond acceptors (Lipinski definition) is 6. The molecular weight excluding hydrogens is 414 g/mol. The quantitative estimate of drug-likeness (QED) is 0.528. The predicted molar refractivity (Wildman–Crippen MR) is 131 cm³/mol. The van der Waals surface area contributed by atoms with Gasteiger partial charge >= 0.3 is 0 Å². The number of piperazine rings is 1. The molecule has 1 fully saturated rings. The van der Waals surface area contributed by atoms with Crippen molar-refractivity contribution in [2.24, 2.45) is 5.10 Å². The summed E-state index contributed by atoms with van der Waals surface area (Å²) >= 11 is 0. The van der Waals surface area contributed by atoms with Crippen molar-refractivity contribution in [2.45, 2.75) is 6.04 Å². The fraction of sp³-hybridized carbons (Fsp3) is 0.296. The summed E-state index contributed by atoms with van der Waals surface area (Å²) in [6.07, 6.45) is 1.84. The molecule has 0 bridgehead atoms. The molecule has 2 aliphatic rings. The minimum Gasteiger partial charge on any atom is -0.496 e.